The molecule has 0 amide bonds. The third-order valence-corrected chi connectivity index (χ3v) is 1.39. The number of alkyl halides is 1. The summed E-state index contributed by atoms with van der Waals surface area (Å²) >= 11 is 10.5. The van der Waals surface area contributed by atoms with Gasteiger partial charge in [-0.1, -0.05) is 11.6 Å². The molecule has 0 aliphatic rings. The minimum absolute atomic E-state index is 0.133. The van der Waals surface area contributed by atoms with E-state index in [9.17, 15) is 0 Å². The molecule has 0 aromatic heterocycles. The minimum atomic E-state index is -0.908. The van der Waals surface area contributed by atoms with Crippen LogP contribution in [0, 0.1) is 0 Å². The molecule has 0 aliphatic heterocycles. The van der Waals surface area contributed by atoms with Crippen molar-refractivity contribution in [2.75, 3.05) is 0 Å². The molecule has 0 bridgehead atoms. The van der Waals surface area contributed by atoms with Crippen molar-refractivity contribution in [1.82, 2.24) is 0 Å². The van der Waals surface area contributed by atoms with Gasteiger partial charge in [-0.2, -0.15) is 0 Å². The van der Waals surface area contributed by atoms with E-state index in [-0.39, 0.29) is 5.03 Å². The topological polar surface area (TPSA) is 40.5 Å². The van der Waals surface area contributed by atoms with Crippen LogP contribution in [0.2, 0.25) is 0 Å². The second-order valence-electron chi connectivity index (χ2n) is 1.29. The SMILES string of the molecule is CC(Cl)C(Cl)=C(O)O. The van der Waals surface area contributed by atoms with Crippen molar-refractivity contribution in [3.63, 3.8) is 0 Å². The normalized spacial score (nSPS) is 12.9. The molecule has 0 rings (SSSR count). The summed E-state index contributed by atoms with van der Waals surface area (Å²) in [4.78, 5) is 0. The lowest BCUT2D eigenvalue weighted by Crippen LogP contribution is -1.94. The number of rotatable bonds is 1. The highest BCUT2D eigenvalue weighted by molar-refractivity contribution is 6.37. The van der Waals surface area contributed by atoms with Gasteiger partial charge in [0, 0.05) is 0 Å². The van der Waals surface area contributed by atoms with Crippen LogP contribution in [0.3, 0.4) is 0 Å². The summed E-state index contributed by atoms with van der Waals surface area (Å²) in [5.41, 5.74) is 0. The van der Waals surface area contributed by atoms with Gasteiger partial charge < -0.3 is 10.2 Å². The van der Waals surface area contributed by atoms with Gasteiger partial charge in [0.1, 0.15) is 5.03 Å². The van der Waals surface area contributed by atoms with Crippen LogP contribution in [0.25, 0.3) is 0 Å². The maximum Gasteiger partial charge on any atom is 0.290 e. The third-order valence-electron chi connectivity index (χ3n) is 0.563. The molecule has 0 radical (unpaired) electrons. The van der Waals surface area contributed by atoms with E-state index < -0.39 is 11.3 Å². The first kappa shape index (κ1) is 7.92. The summed E-state index contributed by atoms with van der Waals surface area (Å²) in [6.07, 6.45) is 0. The van der Waals surface area contributed by atoms with E-state index in [2.05, 4.69) is 0 Å². The molecule has 2 nitrogen and oxygen atoms in total. The Balaban J connectivity index is 4.00. The Bertz CT molecular complexity index is 105. The molecule has 0 spiro atoms. The van der Waals surface area contributed by atoms with Crippen LogP contribution in [-0.4, -0.2) is 15.6 Å². The van der Waals surface area contributed by atoms with Gasteiger partial charge in [0.2, 0.25) is 0 Å². The van der Waals surface area contributed by atoms with Gasteiger partial charge in [-0.05, 0) is 6.92 Å². The largest absolute Gasteiger partial charge is 0.480 e. The molecule has 1 atom stereocenters. The van der Waals surface area contributed by atoms with Gasteiger partial charge in [0.25, 0.3) is 5.95 Å². The van der Waals surface area contributed by atoms with Crippen LogP contribution in [0.5, 0.6) is 0 Å². The molecule has 0 saturated carbocycles. The van der Waals surface area contributed by atoms with Crippen molar-refractivity contribution < 1.29 is 10.2 Å². The Labute approximate surface area is 57.3 Å². The standard InChI is InChI=1S/C4H6Cl2O2/c1-2(5)3(6)4(7)8/h2,7-8H,1H3. The minimum Gasteiger partial charge on any atom is -0.480 e. The number of hydrogen-bond donors (Lipinski definition) is 2. The van der Waals surface area contributed by atoms with Crippen LogP contribution in [-0.2, 0) is 0 Å². The lowest BCUT2D eigenvalue weighted by atomic mass is 10.4. The van der Waals surface area contributed by atoms with E-state index >= 15 is 0 Å². The Morgan fingerprint density at radius 1 is 1.50 bits per heavy atom. The lowest BCUT2D eigenvalue weighted by Gasteiger charge is -1.97. The fraction of sp³-hybridized carbons (Fsp3) is 0.500. The van der Waals surface area contributed by atoms with E-state index in [0.717, 1.165) is 0 Å². The number of allylic oxidation sites excluding steroid dienone is 1. The predicted molar refractivity (Wildman–Crippen MR) is 33.5 cm³/mol. The first-order valence-corrected chi connectivity index (χ1v) is 2.78. The summed E-state index contributed by atoms with van der Waals surface area (Å²) < 4.78 is 0. The Hall–Kier alpha value is -0.0800. The number of aliphatic hydroxyl groups excluding tert-OH is 1. The smallest absolute Gasteiger partial charge is 0.290 e. The second-order valence-corrected chi connectivity index (χ2v) is 2.35. The maximum absolute atomic E-state index is 8.21. The van der Waals surface area contributed by atoms with E-state index in [1.165, 1.54) is 6.92 Å². The van der Waals surface area contributed by atoms with E-state index in [0.29, 0.717) is 0 Å². The monoisotopic (exact) mass is 156 g/mol. The van der Waals surface area contributed by atoms with Gasteiger partial charge in [-0.25, -0.2) is 0 Å². The fourth-order valence-corrected chi connectivity index (χ4v) is 0.275. The van der Waals surface area contributed by atoms with Crippen molar-refractivity contribution in [3.05, 3.63) is 11.0 Å². The van der Waals surface area contributed by atoms with Crippen LogP contribution in [0.15, 0.2) is 11.0 Å². The Kier molecular flexibility index (Phi) is 3.02. The summed E-state index contributed by atoms with van der Waals surface area (Å²) in [6, 6.07) is 0. The lowest BCUT2D eigenvalue weighted by molar-refractivity contribution is 0.187. The first-order chi connectivity index (χ1) is 3.55. The molecule has 0 heterocycles. The van der Waals surface area contributed by atoms with E-state index in [1.807, 2.05) is 0 Å². The first-order valence-electron chi connectivity index (χ1n) is 1.97. The maximum atomic E-state index is 8.21. The summed E-state index contributed by atoms with van der Waals surface area (Å²) in [5, 5.41) is 15.7. The van der Waals surface area contributed by atoms with Crippen molar-refractivity contribution >= 4 is 23.2 Å². The molecule has 8 heavy (non-hydrogen) atoms. The molecular weight excluding hydrogens is 151 g/mol. The zero-order valence-corrected chi connectivity index (χ0v) is 5.74. The van der Waals surface area contributed by atoms with Crippen molar-refractivity contribution in [1.29, 1.82) is 0 Å². The molecule has 4 heteroatoms. The van der Waals surface area contributed by atoms with Gasteiger partial charge in [-0.3, -0.25) is 0 Å². The quantitative estimate of drug-likeness (QED) is 0.452. The van der Waals surface area contributed by atoms with Gasteiger partial charge in [-0.15, -0.1) is 11.6 Å². The zero-order chi connectivity index (χ0) is 6.73. The van der Waals surface area contributed by atoms with Crippen LogP contribution in [0.1, 0.15) is 6.92 Å². The highest BCUT2D eigenvalue weighted by Crippen LogP contribution is 2.14. The van der Waals surface area contributed by atoms with Crippen molar-refractivity contribution in [2.24, 2.45) is 0 Å². The van der Waals surface area contributed by atoms with E-state index in [1.54, 1.807) is 0 Å². The number of halogens is 2. The molecule has 48 valence electrons. The highest BCUT2D eigenvalue weighted by Gasteiger charge is 2.06. The number of hydrogen-bond acceptors (Lipinski definition) is 2. The Morgan fingerprint density at radius 2 is 1.88 bits per heavy atom. The molecule has 0 aromatic rings. The zero-order valence-electron chi connectivity index (χ0n) is 4.23. The summed E-state index contributed by atoms with van der Waals surface area (Å²) in [5.74, 6) is -0.908. The second kappa shape index (κ2) is 3.05. The molecule has 0 aromatic carbocycles. The molecule has 0 saturated heterocycles. The van der Waals surface area contributed by atoms with Crippen LogP contribution in [0.4, 0.5) is 0 Å². The highest BCUT2D eigenvalue weighted by atomic mass is 35.5. The van der Waals surface area contributed by atoms with Crippen LogP contribution < -0.4 is 0 Å². The van der Waals surface area contributed by atoms with Crippen molar-refractivity contribution in [2.45, 2.75) is 12.3 Å². The molecule has 1 unspecified atom stereocenters. The predicted octanol–water partition coefficient (Wildman–Crippen LogP) is 2.14. The van der Waals surface area contributed by atoms with Gasteiger partial charge in [0.05, 0.1) is 5.38 Å². The van der Waals surface area contributed by atoms with Crippen LogP contribution >= 0.6 is 23.2 Å². The molecule has 2 N–H and O–H groups in total. The van der Waals surface area contributed by atoms with Gasteiger partial charge in [0.15, 0.2) is 0 Å². The average molecular weight is 157 g/mol. The fourth-order valence-electron chi connectivity index (χ4n) is 0.178. The molecule has 0 fully saturated rings. The van der Waals surface area contributed by atoms with Gasteiger partial charge >= 0.3 is 0 Å². The third kappa shape index (κ3) is 2.28. The summed E-state index contributed by atoms with van der Waals surface area (Å²) in [6.45, 7) is 1.54. The number of aliphatic hydroxyl groups is 2. The Morgan fingerprint density at radius 3 is 1.88 bits per heavy atom. The summed E-state index contributed by atoms with van der Waals surface area (Å²) in [7, 11) is 0. The molecular formula is C4H6Cl2O2. The van der Waals surface area contributed by atoms with E-state index in [4.69, 9.17) is 33.4 Å². The van der Waals surface area contributed by atoms with Crippen molar-refractivity contribution in [3.8, 4) is 0 Å². The molecule has 0 aliphatic carbocycles. The average Bonchev–Trinajstić information content (AvgIpc) is 1.64.